The lowest BCUT2D eigenvalue weighted by atomic mass is 9.86. The number of aromatic nitrogens is 2. The molecule has 1 heterocycles. The molecule has 148 valence electrons. The molecule has 2 aromatic carbocycles. The van der Waals surface area contributed by atoms with Gasteiger partial charge in [0.25, 0.3) is 5.56 Å². The van der Waals surface area contributed by atoms with Gasteiger partial charge in [-0.3, -0.25) is 9.59 Å². The third-order valence-corrected chi connectivity index (χ3v) is 6.49. The number of rotatable bonds is 4. The van der Waals surface area contributed by atoms with Crippen LogP contribution in [-0.2, 0) is 4.79 Å². The molecule has 0 aliphatic heterocycles. The number of amides is 1. The second kappa shape index (κ2) is 7.10. The van der Waals surface area contributed by atoms with Gasteiger partial charge in [-0.05, 0) is 67.3 Å². The highest BCUT2D eigenvalue weighted by molar-refractivity contribution is 5.94. The van der Waals surface area contributed by atoms with Crippen molar-refractivity contribution in [1.82, 2.24) is 9.89 Å². The lowest BCUT2D eigenvalue weighted by Gasteiger charge is -2.21. The quantitative estimate of drug-likeness (QED) is 0.728. The molecule has 2 bridgehead atoms. The second-order valence-electron chi connectivity index (χ2n) is 8.29. The van der Waals surface area contributed by atoms with Crippen molar-refractivity contribution in [2.75, 3.05) is 5.43 Å². The van der Waals surface area contributed by atoms with Crippen LogP contribution in [0.5, 0.6) is 0 Å². The zero-order valence-electron chi connectivity index (χ0n) is 16.0. The van der Waals surface area contributed by atoms with E-state index in [9.17, 15) is 14.0 Å². The van der Waals surface area contributed by atoms with Crippen molar-refractivity contribution in [3.8, 4) is 11.3 Å². The summed E-state index contributed by atoms with van der Waals surface area (Å²) in [6.07, 6.45) is 5.27. The number of carbonyl (C=O) groups excluding carboxylic acids is 1. The van der Waals surface area contributed by atoms with Gasteiger partial charge in [-0.25, -0.2) is 9.82 Å². The number of nitrogens with zero attached hydrogens (tertiary/aromatic N) is 2. The van der Waals surface area contributed by atoms with Crippen LogP contribution in [0, 0.1) is 23.6 Å². The Hall–Kier alpha value is -3.02. The van der Waals surface area contributed by atoms with Crippen molar-refractivity contribution < 1.29 is 9.18 Å². The van der Waals surface area contributed by atoms with Gasteiger partial charge in [-0.15, -0.1) is 9.89 Å². The first-order chi connectivity index (χ1) is 14.1. The van der Waals surface area contributed by atoms with E-state index in [-0.39, 0.29) is 17.3 Å². The molecule has 0 spiro atoms. The SMILES string of the molecule is O=C(C[C@@H]1C[C@@H]2CC[C@H]1C2)Nn1nc(-c2ccc(F)cc2)c2ccccc2c1=O. The minimum atomic E-state index is -0.368. The Morgan fingerprint density at radius 2 is 1.83 bits per heavy atom. The molecule has 0 unspecified atom stereocenters. The lowest BCUT2D eigenvalue weighted by Crippen LogP contribution is -2.36. The van der Waals surface area contributed by atoms with Crippen LogP contribution in [0.1, 0.15) is 32.1 Å². The molecule has 0 radical (unpaired) electrons. The highest BCUT2D eigenvalue weighted by atomic mass is 19.1. The predicted molar refractivity (Wildman–Crippen MR) is 109 cm³/mol. The van der Waals surface area contributed by atoms with Gasteiger partial charge in [0.05, 0.1) is 5.39 Å². The van der Waals surface area contributed by atoms with Crippen molar-refractivity contribution >= 4 is 16.7 Å². The molecule has 2 aliphatic carbocycles. The van der Waals surface area contributed by atoms with Crippen LogP contribution in [0.2, 0.25) is 0 Å². The Labute approximate surface area is 167 Å². The summed E-state index contributed by atoms with van der Waals surface area (Å²) in [4.78, 5) is 26.6. The number of benzene rings is 2. The lowest BCUT2D eigenvalue weighted by molar-refractivity contribution is -0.118. The molecule has 2 fully saturated rings. The number of carbonyl (C=O) groups is 1. The van der Waals surface area contributed by atoms with Crippen LogP contribution < -0.4 is 11.0 Å². The van der Waals surface area contributed by atoms with Gasteiger partial charge < -0.3 is 0 Å². The number of hydrogen-bond donors (Lipinski definition) is 1. The predicted octanol–water partition coefficient (Wildman–Crippen LogP) is 4.10. The third-order valence-electron chi connectivity index (χ3n) is 6.49. The van der Waals surface area contributed by atoms with Gasteiger partial charge in [-0.2, -0.15) is 0 Å². The summed E-state index contributed by atoms with van der Waals surface area (Å²) in [5.41, 5.74) is 3.53. The average molecular weight is 391 g/mol. The van der Waals surface area contributed by atoms with Crippen molar-refractivity contribution in [2.45, 2.75) is 32.1 Å². The summed E-state index contributed by atoms with van der Waals surface area (Å²) in [5.74, 6) is 1.29. The van der Waals surface area contributed by atoms with Crippen molar-refractivity contribution in [1.29, 1.82) is 0 Å². The minimum Gasteiger partial charge on any atom is -0.273 e. The molecule has 3 atom stereocenters. The van der Waals surface area contributed by atoms with Crippen LogP contribution in [0.3, 0.4) is 0 Å². The van der Waals surface area contributed by atoms with Crippen LogP contribution in [0.4, 0.5) is 4.39 Å². The van der Waals surface area contributed by atoms with E-state index in [1.807, 2.05) is 12.1 Å². The number of hydrogen-bond acceptors (Lipinski definition) is 3. The van der Waals surface area contributed by atoms with E-state index in [0.29, 0.717) is 40.3 Å². The van der Waals surface area contributed by atoms with Gasteiger partial charge in [0.15, 0.2) is 0 Å². The minimum absolute atomic E-state index is 0.183. The Bertz CT molecular complexity index is 1140. The van der Waals surface area contributed by atoms with Crippen LogP contribution in [0.15, 0.2) is 53.3 Å². The molecule has 5 rings (SSSR count). The molecular formula is C23H22FN3O2. The normalized spacial score (nSPS) is 22.9. The summed E-state index contributed by atoms with van der Waals surface area (Å²) >= 11 is 0. The fourth-order valence-electron chi connectivity index (χ4n) is 5.11. The summed E-state index contributed by atoms with van der Waals surface area (Å²) in [5, 5.41) is 5.54. The van der Waals surface area contributed by atoms with Gasteiger partial charge >= 0.3 is 0 Å². The zero-order chi connectivity index (χ0) is 20.0. The van der Waals surface area contributed by atoms with Gasteiger partial charge in [-0.1, -0.05) is 24.6 Å². The maximum atomic E-state index is 13.4. The van der Waals surface area contributed by atoms with E-state index >= 15 is 0 Å². The Kier molecular flexibility index (Phi) is 4.42. The van der Waals surface area contributed by atoms with Crippen LogP contribution >= 0.6 is 0 Å². The van der Waals surface area contributed by atoms with Gasteiger partial charge in [0.1, 0.15) is 11.5 Å². The fourth-order valence-corrected chi connectivity index (χ4v) is 5.11. The first kappa shape index (κ1) is 18.0. The van der Waals surface area contributed by atoms with Gasteiger partial charge in [0, 0.05) is 17.4 Å². The van der Waals surface area contributed by atoms with E-state index in [4.69, 9.17) is 0 Å². The van der Waals surface area contributed by atoms with E-state index in [1.54, 1.807) is 24.3 Å². The standard InChI is InChI=1S/C23H22FN3O2/c24-18-9-7-15(8-10-18)22-19-3-1-2-4-20(19)23(29)27(26-22)25-21(28)13-17-12-14-5-6-16(17)11-14/h1-4,7-10,14,16-17H,5-6,11-13H2,(H,25,28)/t14-,16+,17+/m1/s1. The molecule has 3 aromatic rings. The van der Waals surface area contributed by atoms with Gasteiger partial charge in [0.2, 0.25) is 5.91 Å². The molecule has 5 nitrogen and oxygen atoms in total. The monoisotopic (exact) mass is 391 g/mol. The van der Waals surface area contributed by atoms with Crippen molar-refractivity contribution in [2.24, 2.45) is 17.8 Å². The average Bonchev–Trinajstić information content (AvgIpc) is 3.34. The molecule has 1 aromatic heterocycles. The Morgan fingerprint density at radius 3 is 2.52 bits per heavy atom. The molecule has 29 heavy (non-hydrogen) atoms. The smallest absolute Gasteiger partial charge is 0.273 e. The van der Waals surface area contributed by atoms with E-state index in [0.717, 1.165) is 17.1 Å². The third kappa shape index (κ3) is 3.33. The van der Waals surface area contributed by atoms with Crippen molar-refractivity contribution in [3.63, 3.8) is 0 Å². The molecule has 0 saturated heterocycles. The first-order valence-electron chi connectivity index (χ1n) is 10.2. The molecule has 2 saturated carbocycles. The molecular weight excluding hydrogens is 369 g/mol. The zero-order valence-corrected chi connectivity index (χ0v) is 16.0. The number of nitrogens with one attached hydrogen (secondary N) is 1. The number of halogens is 1. The Morgan fingerprint density at radius 1 is 1.07 bits per heavy atom. The summed E-state index contributed by atoms with van der Waals surface area (Å²) < 4.78 is 13.4. The van der Waals surface area contributed by atoms with Crippen LogP contribution in [0.25, 0.3) is 22.0 Å². The summed E-state index contributed by atoms with van der Waals surface area (Å²) in [6.45, 7) is 0. The number of fused-ring (bicyclic) bond motifs is 3. The molecule has 1 N–H and O–H groups in total. The Balaban J connectivity index is 1.48. The topological polar surface area (TPSA) is 64.0 Å². The first-order valence-corrected chi connectivity index (χ1v) is 10.2. The maximum absolute atomic E-state index is 13.4. The maximum Gasteiger partial charge on any atom is 0.294 e. The highest BCUT2D eigenvalue weighted by Gasteiger charge is 2.40. The van der Waals surface area contributed by atoms with Crippen LogP contribution in [-0.4, -0.2) is 15.8 Å². The summed E-state index contributed by atoms with van der Waals surface area (Å²) in [7, 11) is 0. The van der Waals surface area contributed by atoms with E-state index in [2.05, 4.69) is 10.5 Å². The molecule has 6 heteroatoms. The molecule has 1 amide bonds. The largest absolute Gasteiger partial charge is 0.294 e. The molecule has 2 aliphatic rings. The highest BCUT2D eigenvalue weighted by Crippen LogP contribution is 2.49. The summed E-state index contributed by atoms with van der Waals surface area (Å²) in [6, 6.07) is 13.1. The second-order valence-corrected chi connectivity index (χ2v) is 8.29. The van der Waals surface area contributed by atoms with Crippen molar-refractivity contribution in [3.05, 3.63) is 64.7 Å². The fraction of sp³-hybridized carbons (Fsp3) is 0.348. The van der Waals surface area contributed by atoms with E-state index in [1.165, 1.54) is 31.4 Å². The van der Waals surface area contributed by atoms with E-state index < -0.39 is 0 Å².